The van der Waals surface area contributed by atoms with Crippen molar-refractivity contribution in [1.82, 2.24) is 9.78 Å². The summed E-state index contributed by atoms with van der Waals surface area (Å²) in [6.45, 7) is 9.23. The van der Waals surface area contributed by atoms with Crippen molar-refractivity contribution in [1.29, 1.82) is 0 Å². The van der Waals surface area contributed by atoms with Crippen LogP contribution in [0, 0.1) is 19.8 Å². The van der Waals surface area contributed by atoms with E-state index in [2.05, 4.69) is 36.4 Å². The van der Waals surface area contributed by atoms with Crippen LogP contribution in [0.1, 0.15) is 30.8 Å². The van der Waals surface area contributed by atoms with E-state index in [4.69, 9.17) is 0 Å². The molecule has 4 nitrogen and oxygen atoms in total. The van der Waals surface area contributed by atoms with Crippen LogP contribution in [0.2, 0.25) is 0 Å². The number of nitrogens with zero attached hydrogens (tertiary/aromatic N) is 2. The molecule has 2 aromatic carbocycles. The minimum atomic E-state index is -0.0172. The van der Waals surface area contributed by atoms with Gasteiger partial charge in [-0.3, -0.25) is 9.48 Å². The van der Waals surface area contributed by atoms with Gasteiger partial charge in [-0.2, -0.15) is 5.10 Å². The van der Waals surface area contributed by atoms with Crippen molar-refractivity contribution in [2.75, 3.05) is 5.32 Å². The van der Waals surface area contributed by atoms with Crippen LogP contribution in [-0.4, -0.2) is 15.7 Å². The second-order valence-electron chi connectivity index (χ2n) is 7.36. The van der Waals surface area contributed by atoms with Crippen LogP contribution in [0.4, 0.5) is 5.69 Å². The highest BCUT2D eigenvalue weighted by Crippen LogP contribution is 2.33. The first kappa shape index (κ1) is 20.2. The van der Waals surface area contributed by atoms with E-state index in [1.165, 1.54) is 0 Å². The predicted octanol–water partition coefficient (Wildman–Crippen LogP) is 5.49. The fourth-order valence-corrected chi connectivity index (χ4v) is 4.07. The first-order valence-corrected chi connectivity index (χ1v) is 10.4. The number of rotatable bonds is 7. The summed E-state index contributed by atoms with van der Waals surface area (Å²) in [6, 6.07) is 18.1. The average molecular weight is 394 g/mol. The Morgan fingerprint density at radius 2 is 1.75 bits per heavy atom. The van der Waals surface area contributed by atoms with Crippen molar-refractivity contribution < 1.29 is 4.79 Å². The number of nitrogens with one attached hydrogen (secondary N) is 1. The number of aromatic nitrogens is 2. The Labute approximate surface area is 171 Å². The van der Waals surface area contributed by atoms with E-state index in [9.17, 15) is 4.79 Å². The largest absolute Gasteiger partial charge is 0.325 e. The number of para-hydroxylation sites is 1. The predicted molar refractivity (Wildman–Crippen MR) is 116 cm³/mol. The van der Waals surface area contributed by atoms with Crippen molar-refractivity contribution >= 4 is 23.4 Å². The molecule has 0 aliphatic heterocycles. The van der Waals surface area contributed by atoms with Gasteiger partial charge in [0.2, 0.25) is 5.91 Å². The lowest BCUT2D eigenvalue weighted by Gasteiger charge is -2.11. The topological polar surface area (TPSA) is 46.9 Å². The number of amides is 1. The summed E-state index contributed by atoms with van der Waals surface area (Å²) in [5.74, 6) is 0.498. The highest BCUT2D eigenvalue weighted by molar-refractivity contribution is 7.99. The lowest BCUT2D eigenvalue weighted by molar-refractivity contribution is -0.115. The third-order valence-corrected chi connectivity index (χ3v) is 5.62. The molecule has 3 aromatic rings. The van der Waals surface area contributed by atoms with Crippen molar-refractivity contribution in [3.05, 3.63) is 71.5 Å². The highest BCUT2D eigenvalue weighted by atomic mass is 32.2. The summed E-state index contributed by atoms with van der Waals surface area (Å²) in [6.07, 6.45) is 0.333. The van der Waals surface area contributed by atoms with Crippen LogP contribution in [0.3, 0.4) is 0 Å². The first-order valence-electron chi connectivity index (χ1n) is 9.58. The van der Waals surface area contributed by atoms with Crippen LogP contribution >= 0.6 is 11.8 Å². The normalized spacial score (nSPS) is 11.0. The van der Waals surface area contributed by atoms with Gasteiger partial charge in [-0.05, 0) is 44.0 Å². The van der Waals surface area contributed by atoms with E-state index >= 15 is 0 Å². The smallest absolute Gasteiger partial charge is 0.228 e. The van der Waals surface area contributed by atoms with Gasteiger partial charge in [0.1, 0.15) is 0 Å². The van der Waals surface area contributed by atoms with E-state index in [0.29, 0.717) is 12.3 Å². The summed E-state index contributed by atoms with van der Waals surface area (Å²) in [4.78, 5) is 14.9. The molecule has 1 amide bonds. The van der Waals surface area contributed by atoms with E-state index in [1.807, 2.05) is 61.0 Å². The standard InChI is InChI=1S/C23H27N3OS/c1-16(2)15-26-18(4)20(17(3)25-26)14-23(27)24-21-12-8-9-13-22(21)28-19-10-6-5-7-11-19/h5-13,16H,14-15H2,1-4H3,(H,24,27). The SMILES string of the molecule is Cc1nn(CC(C)C)c(C)c1CC(=O)Nc1ccccc1Sc1ccccc1. The summed E-state index contributed by atoms with van der Waals surface area (Å²) < 4.78 is 2.02. The molecule has 146 valence electrons. The number of anilines is 1. The molecule has 5 heteroatoms. The zero-order valence-corrected chi connectivity index (χ0v) is 17.7. The molecule has 28 heavy (non-hydrogen) atoms. The maximum Gasteiger partial charge on any atom is 0.228 e. The number of carbonyl (C=O) groups is 1. The summed E-state index contributed by atoms with van der Waals surface area (Å²) in [5.41, 5.74) is 3.87. The van der Waals surface area contributed by atoms with Crippen LogP contribution in [0.15, 0.2) is 64.4 Å². The van der Waals surface area contributed by atoms with E-state index < -0.39 is 0 Å². The second kappa shape index (κ2) is 9.11. The van der Waals surface area contributed by atoms with Crippen molar-refractivity contribution in [3.63, 3.8) is 0 Å². The third-order valence-electron chi connectivity index (χ3n) is 4.54. The Morgan fingerprint density at radius 1 is 1.07 bits per heavy atom. The molecule has 0 fully saturated rings. The number of benzene rings is 2. The Hall–Kier alpha value is -2.53. The van der Waals surface area contributed by atoms with Gasteiger partial charge in [0.15, 0.2) is 0 Å². The monoisotopic (exact) mass is 393 g/mol. The van der Waals surface area contributed by atoms with Crippen molar-refractivity contribution in [3.8, 4) is 0 Å². The maximum atomic E-state index is 12.8. The van der Waals surface area contributed by atoms with Gasteiger partial charge in [0.05, 0.1) is 17.8 Å². The molecule has 0 saturated carbocycles. The molecule has 3 rings (SSSR count). The number of aryl methyl sites for hydroxylation is 1. The fraction of sp³-hybridized carbons (Fsp3) is 0.304. The van der Waals surface area contributed by atoms with E-state index in [-0.39, 0.29) is 5.91 Å². The summed E-state index contributed by atoms with van der Waals surface area (Å²) in [7, 11) is 0. The van der Waals surface area contributed by atoms with E-state index in [0.717, 1.165) is 39.0 Å². The molecular weight excluding hydrogens is 366 g/mol. The van der Waals surface area contributed by atoms with Gasteiger partial charge in [-0.1, -0.05) is 55.9 Å². The summed E-state index contributed by atoms with van der Waals surface area (Å²) >= 11 is 1.65. The third kappa shape index (κ3) is 5.04. The number of hydrogen-bond donors (Lipinski definition) is 1. The minimum Gasteiger partial charge on any atom is -0.325 e. The van der Waals surface area contributed by atoms with Gasteiger partial charge >= 0.3 is 0 Å². The Kier molecular flexibility index (Phi) is 6.57. The maximum absolute atomic E-state index is 12.8. The molecule has 0 aliphatic carbocycles. The van der Waals surface area contributed by atoms with Gasteiger partial charge in [0.25, 0.3) is 0 Å². The Balaban J connectivity index is 1.73. The fourth-order valence-electron chi connectivity index (χ4n) is 3.14. The van der Waals surface area contributed by atoms with Gasteiger partial charge in [0, 0.05) is 27.6 Å². The number of hydrogen-bond acceptors (Lipinski definition) is 3. The van der Waals surface area contributed by atoms with E-state index in [1.54, 1.807) is 11.8 Å². The molecule has 1 aromatic heterocycles. The molecule has 0 aliphatic rings. The highest BCUT2D eigenvalue weighted by Gasteiger charge is 2.16. The van der Waals surface area contributed by atoms with Crippen LogP contribution in [0.25, 0.3) is 0 Å². The quantitative estimate of drug-likeness (QED) is 0.577. The molecule has 0 unspecified atom stereocenters. The molecule has 0 radical (unpaired) electrons. The van der Waals surface area contributed by atoms with Gasteiger partial charge in [-0.15, -0.1) is 0 Å². The average Bonchev–Trinajstić information content (AvgIpc) is 2.91. The molecule has 0 atom stereocenters. The Morgan fingerprint density at radius 3 is 2.46 bits per heavy atom. The minimum absolute atomic E-state index is 0.0172. The van der Waals surface area contributed by atoms with Gasteiger partial charge < -0.3 is 5.32 Å². The number of carbonyl (C=O) groups excluding carboxylic acids is 1. The lowest BCUT2D eigenvalue weighted by Crippen LogP contribution is -2.16. The van der Waals surface area contributed by atoms with Crippen LogP contribution in [0.5, 0.6) is 0 Å². The summed E-state index contributed by atoms with van der Waals surface area (Å²) in [5, 5.41) is 7.70. The van der Waals surface area contributed by atoms with Crippen molar-refractivity contribution in [2.24, 2.45) is 5.92 Å². The van der Waals surface area contributed by atoms with Crippen LogP contribution < -0.4 is 5.32 Å². The van der Waals surface area contributed by atoms with Crippen LogP contribution in [-0.2, 0) is 17.8 Å². The first-order chi connectivity index (χ1) is 13.4. The Bertz CT molecular complexity index is 948. The molecule has 0 spiro atoms. The van der Waals surface area contributed by atoms with Gasteiger partial charge in [-0.25, -0.2) is 0 Å². The lowest BCUT2D eigenvalue weighted by atomic mass is 10.1. The molecule has 1 heterocycles. The zero-order valence-electron chi connectivity index (χ0n) is 16.9. The molecule has 0 saturated heterocycles. The molecule has 1 N–H and O–H groups in total. The second-order valence-corrected chi connectivity index (χ2v) is 8.48. The molecule has 0 bridgehead atoms. The molecular formula is C23H27N3OS. The van der Waals surface area contributed by atoms with Crippen molar-refractivity contribution in [2.45, 2.75) is 50.5 Å². The zero-order chi connectivity index (χ0) is 20.1.